The average Bonchev–Trinajstić information content (AvgIpc) is 2.48. The zero-order chi connectivity index (χ0) is 15.2. The minimum atomic E-state index is -0.669. The second kappa shape index (κ2) is 6.53. The van der Waals surface area contributed by atoms with Crippen LogP contribution in [0.5, 0.6) is 0 Å². The maximum Gasteiger partial charge on any atom is 0.261 e. The summed E-state index contributed by atoms with van der Waals surface area (Å²) in [7, 11) is 0. The number of carbonyl (C=O) groups excluding carboxylic acids is 1. The van der Waals surface area contributed by atoms with Crippen molar-refractivity contribution in [2.45, 2.75) is 6.42 Å². The number of benzene rings is 2. The highest BCUT2D eigenvalue weighted by Gasteiger charge is 2.20. The number of halogens is 1. The Hall–Kier alpha value is -2.87. The smallest absolute Gasteiger partial charge is 0.261 e. The van der Waals surface area contributed by atoms with Crippen LogP contribution in [0.1, 0.15) is 16.8 Å². The molecule has 0 aliphatic rings. The first-order valence-electron chi connectivity index (χ1n) is 6.42. The molecule has 0 spiro atoms. The van der Waals surface area contributed by atoms with Crippen molar-refractivity contribution in [3.8, 4) is 6.07 Å². The van der Waals surface area contributed by atoms with Crippen LogP contribution >= 0.6 is 0 Å². The van der Waals surface area contributed by atoms with Crippen LogP contribution in [0.4, 0.5) is 15.8 Å². The molecular weight excluding hydrogens is 269 g/mol. The van der Waals surface area contributed by atoms with Crippen molar-refractivity contribution in [3.05, 3.63) is 59.9 Å². The van der Waals surface area contributed by atoms with Gasteiger partial charge in [0.15, 0.2) is 0 Å². The molecule has 0 fully saturated rings. The lowest BCUT2D eigenvalue weighted by Crippen LogP contribution is -2.32. The van der Waals surface area contributed by atoms with Crippen molar-refractivity contribution >= 4 is 17.3 Å². The fraction of sp³-hybridized carbons (Fsp3) is 0.125. The standard InChI is InChI=1S/C16H14FN3O/c17-15-11-12(19)7-8-14(15)16(21)20(10-4-9-18)13-5-2-1-3-6-13/h1-3,5-8,11H,4,10,19H2. The molecule has 0 aromatic heterocycles. The summed E-state index contributed by atoms with van der Waals surface area (Å²) in [4.78, 5) is 13.9. The van der Waals surface area contributed by atoms with Gasteiger partial charge in [0.05, 0.1) is 18.1 Å². The number of para-hydroxylation sites is 1. The van der Waals surface area contributed by atoms with E-state index >= 15 is 0 Å². The van der Waals surface area contributed by atoms with Gasteiger partial charge in [0.25, 0.3) is 5.91 Å². The quantitative estimate of drug-likeness (QED) is 0.877. The molecule has 0 bridgehead atoms. The predicted octanol–water partition coefficient (Wildman–Crippen LogP) is 2.97. The van der Waals surface area contributed by atoms with E-state index in [0.717, 1.165) is 6.07 Å². The molecule has 0 unspecified atom stereocenters. The lowest BCUT2D eigenvalue weighted by atomic mass is 10.1. The molecular formula is C16H14FN3O. The van der Waals surface area contributed by atoms with E-state index in [-0.39, 0.29) is 24.2 Å². The fourth-order valence-corrected chi connectivity index (χ4v) is 1.97. The summed E-state index contributed by atoms with van der Waals surface area (Å²) in [5.74, 6) is -1.16. The summed E-state index contributed by atoms with van der Waals surface area (Å²) in [6.45, 7) is 0.198. The Morgan fingerprint density at radius 1 is 1.24 bits per heavy atom. The van der Waals surface area contributed by atoms with Crippen molar-refractivity contribution in [2.75, 3.05) is 17.2 Å². The third-order valence-corrected chi connectivity index (χ3v) is 2.98. The van der Waals surface area contributed by atoms with Crippen LogP contribution in [0, 0.1) is 17.1 Å². The number of nitriles is 1. The van der Waals surface area contributed by atoms with Crippen molar-refractivity contribution in [1.29, 1.82) is 5.26 Å². The van der Waals surface area contributed by atoms with Crippen LogP contribution in [-0.4, -0.2) is 12.5 Å². The van der Waals surface area contributed by atoms with Crippen molar-refractivity contribution in [3.63, 3.8) is 0 Å². The summed E-state index contributed by atoms with van der Waals surface area (Å²) < 4.78 is 13.9. The lowest BCUT2D eigenvalue weighted by Gasteiger charge is -2.22. The molecule has 0 saturated carbocycles. The minimum absolute atomic E-state index is 0.0639. The zero-order valence-corrected chi connectivity index (χ0v) is 11.3. The van der Waals surface area contributed by atoms with E-state index in [1.54, 1.807) is 24.3 Å². The Morgan fingerprint density at radius 2 is 1.95 bits per heavy atom. The van der Waals surface area contributed by atoms with Gasteiger partial charge in [-0.05, 0) is 30.3 Å². The van der Waals surface area contributed by atoms with Gasteiger partial charge in [-0.1, -0.05) is 18.2 Å². The van der Waals surface area contributed by atoms with E-state index in [2.05, 4.69) is 0 Å². The second-order valence-corrected chi connectivity index (χ2v) is 4.44. The van der Waals surface area contributed by atoms with Gasteiger partial charge < -0.3 is 10.6 Å². The van der Waals surface area contributed by atoms with Gasteiger partial charge in [0.2, 0.25) is 0 Å². The first kappa shape index (κ1) is 14.5. The Kier molecular flexibility index (Phi) is 4.52. The third-order valence-electron chi connectivity index (χ3n) is 2.98. The van der Waals surface area contributed by atoms with Gasteiger partial charge in [-0.2, -0.15) is 5.26 Å². The number of hydrogen-bond acceptors (Lipinski definition) is 3. The third kappa shape index (κ3) is 3.37. The molecule has 1 amide bonds. The van der Waals surface area contributed by atoms with Gasteiger partial charge in [0.1, 0.15) is 5.82 Å². The highest BCUT2D eigenvalue weighted by Crippen LogP contribution is 2.20. The summed E-state index contributed by atoms with van der Waals surface area (Å²) in [6.07, 6.45) is 0.164. The van der Waals surface area contributed by atoms with E-state index < -0.39 is 11.7 Å². The molecule has 0 heterocycles. The maximum absolute atomic E-state index is 13.9. The highest BCUT2D eigenvalue weighted by atomic mass is 19.1. The molecule has 106 valence electrons. The SMILES string of the molecule is N#CCCN(C(=O)c1ccc(N)cc1F)c1ccccc1. The highest BCUT2D eigenvalue weighted by molar-refractivity contribution is 6.06. The number of carbonyl (C=O) groups is 1. The number of nitrogen functional groups attached to an aromatic ring is 1. The summed E-state index contributed by atoms with van der Waals surface area (Å²) >= 11 is 0. The molecule has 2 aromatic rings. The second-order valence-electron chi connectivity index (χ2n) is 4.44. The van der Waals surface area contributed by atoms with Crippen LogP contribution in [0.3, 0.4) is 0 Å². The van der Waals surface area contributed by atoms with Crippen molar-refractivity contribution in [2.24, 2.45) is 0 Å². The van der Waals surface area contributed by atoms with Gasteiger partial charge in [-0.25, -0.2) is 4.39 Å². The Morgan fingerprint density at radius 3 is 2.57 bits per heavy atom. The summed E-state index contributed by atoms with van der Waals surface area (Å²) in [5.41, 5.74) is 6.30. The monoisotopic (exact) mass is 283 g/mol. The number of anilines is 2. The first-order chi connectivity index (χ1) is 10.1. The minimum Gasteiger partial charge on any atom is -0.399 e. The molecule has 0 radical (unpaired) electrons. The number of hydrogen-bond donors (Lipinski definition) is 1. The van der Waals surface area contributed by atoms with Gasteiger partial charge in [-0.15, -0.1) is 0 Å². The number of nitrogens with two attached hydrogens (primary N) is 1. The van der Waals surface area contributed by atoms with Crippen molar-refractivity contribution in [1.82, 2.24) is 0 Å². The fourth-order valence-electron chi connectivity index (χ4n) is 1.97. The Balaban J connectivity index is 2.37. The average molecular weight is 283 g/mol. The first-order valence-corrected chi connectivity index (χ1v) is 6.42. The Labute approximate surface area is 122 Å². The van der Waals surface area contributed by atoms with Crippen LogP contribution in [0.2, 0.25) is 0 Å². The molecule has 0 aliphatic heterocycles. The Bertz CT molecular complexity index is 680. The van der Waals surface area contributed by atoms with E-state index in [0.29, 0.717) is 5.69 Å². The van der Waals surface area contributed by atoms with Crippen LogP contribution in [0.25, 0.3) is 0 Å². The number of rotatable bonds is 4. The van der Waals surface area contributed by atoms with Crippen LogP contribution in [-0.2, 0) is 0 Å². The predicted molar refractivity (Wildman–Crippen MR) is 79.2 cm³/mol. The molecule has 4 nitrogen and oxygen atoms in total. The topological polar surface area (TPSA) is 70.1 Å². The zero-order valence-electron chi connectivity index (χ0n) is 11.3. The van der Waals surface area contributed by atoms with Crippen LogP contribution in [0.15, 0.2) is 48.5 Å². The van der Waals surface area contributed by atoms with Gasteiger partial charge >= 0.3 is 0 Å². The molecule has 2 N–H and O–H groups in total. The molecule has 0 atom stereocenters. The molecule has 5 heteroatoms. The molecule has 2 aromatic carbocycles. The van der Waals surface area contributed by atoms with Gasteiger partial charge in [0, 0.05) is 17.9 Å². The van der Waals surface area contributed by atoms with Crippen LogP contribution < -0.4 is 10.6 Å². The molecule has 0 saturated heterocycles. The largest absolute Gasteiger partial charge is 0.399 e. The summed E-state index contributed by atoms with van der Waals surface area (Å²) in [5, 5.41) is 8.73. The van der Waals surface area contributed by atoms with Gasteiger partial charge in [-0.3, -0.25) is 4.79 Å². The number of amides is 1. The lowest BCUT2D eigenvalue weighted by molar-refractivity contribution is 0.0983. The van der Waals surface area contributed by atoms with E-state index in [1.807, 2.05) is 12.1 Å². The van der Waals surface area contributed by atoms with E-state index in [9.17, 15) is 9.18 Å². The normalized spacial score (nSPS) is 9.90. The molecule has 21 heavy (non-hydrogen) atoms. The maximum atomic E-state index is 13.9. The number of nitrogens with zero attached hydrogens (tertiary/aromatic N) is 2. The van der Waals surface area contributed by atoms with Crippen molar-refractivity contribution < 1.29 is 9.18 Å². The van der Waals surface area contributed by atoms with E-state index in [1.165, 1.54) is 17.0 Å². The van der Waals surface area contributed by atoms with E-state index in [4.69, 9.17) is 11.0 Å². The summed E-state index contributed by atoms with van der Waals surface area (Å²) in [6, 6.07) is 14.8. The molecule has 2 rings (SSSR count). The molecule has 0 aliphatic carbocycles.